The molecular formula is C19H12Cl2O. The van der Waals surface area contributed by atoms with E-state index in [9.17, 15) is 0 Å². The SMILES string of the molecule is Clc1cccc(Cc2ccc3oc4ccccc4c3c2)c1Cl. The zero-order valence-corrected chi connectivity index (χ0v) is 13.2. The van der Waals surface area contributed by atoms with E-state index < -0.39 is 0 Å². The summed E-state index contributed by atoms with van der Waals surface area (Å²) in [5.74, 6) is 0. The van der Waals surface area contributed by atoms with Gasteiger partial charge in [0, 0.05) is 10.8 Å². The first kappa shape index (κ1) is 13.7. The van der Waals surface area contributed by atoms with E-state index in [0.717, 1.165) is 33.9 Å². The third-order valence-corrected chi connectivity index (χ3v) is 4.73. The fourth-order valence-corrected chi connectivity index (χ4v) is 3.18. The van der Waals surface area contributed by atoms with Crippen LogP contribution in [0.1, 0.15) is 11.1 Å². The highest BCUT2D eigenvalue weighted by Gasteiger charge is 2.09. The van der Waals surface area contributed by atoms with Crippen molar-refractivity contribution in [3.8, 4) is 0 Å². The van der Waals surface area contributed by atoms with Crippen LogP contribution >= 0.6 is 23.2 Å². The van der Waals surface area contributed by atoms with E-state index in [2.05, 4.69) is 18.2 Å². The first-order chi connectivity index (χ1) is 10.7. The van der Waals surface area contributed by atoms with Crippen molar-refractivity contribution in [2.24, 2.45) is 0 Å². The predicted octanol–water partition coefficient (Wildman–Crippen LogP) is 6.48. The standard InChI is InChI=1S/C19H12Cl2O/c20-16-6-3-4-13(19(16)21)10-12-8-9-18-15(11-12)14-5-1-2-7-17(14)22-18/h1-9,11H,10H2. The molecule has 0 amide bonds. The molecule has 3 aromatic carbocycles. The number of rotatable bonds is 2. The number of furan rings is 1. The Hall–Kier alpha value is -1.96. The van der Waals surface area contributed by atoms with Gasteiger partial charge in [-0.05, 0) is 41.8 Å². The highest BCUT2D eigenvalue weighted by atomic mass is 35.5. The maximum Gasteiger partial charge on any atom is 0.135 e. The van der Waals surface area contributed by atoms with Gasteiger partial charge in [-0.15, -0.1) is 0 Å². The molecule has 0 bridgehead atoms. The second-order valence-corrected chi connectivity index (χ2v) is 6.10. The quantitative estimate of drug-likeness (QED) is 0.410. The van der Waals surface area contributed by atoms with Crippen molar-refractivity contribution in [3.63, 3.8) is 0 Å². The molecule has 1 nitrogen and oxygen atoms in total. The first-order valence-electron chi connectivity index (χ1n) is 7.05. The third-order valence-electron chi connectivity index (χ3n) is 3.87. The third kappa shape index (κ3) is 2.27. The van der Waals surface area contributed by atoms with Crippen LogP contribution in [-0.2, 0) is 6.42 Å². The molecule has 0 spiro atoms. The topological polar surface area (TPSA) is 13.1 Å². The minimum atomic E-state index is 0.592. The van der Waals surface area contributed by atoms with E-state index in [1.165, 1.54) is 5.56 Å². The van der Waals surface area contributed by atoms with Crippen LogP contribution in [0.25, 0.3) is 21.9 Å². The van der Waals surface area contributed by atoms with Crippen LogP contribution in [-0.4, -0.2) is 0 Å². The normalized spacial score (nSPS) is 11.4. The van der Waals surface area contributed by atoms with Gasteiger partial charge in [0.05, 0.1) is 10.0 Å². The van der Waals surface area contributed by atoms with Crippen molar-refractivity contribution in [1.82, 2.24) is 0 Å². The molecular weight excluding hydrogens is 315 g/mol. The largest absolute Gasteiger partial charge is 0.456 e. The summed E-state index contributed by atoms with van der Waals surface area (Å²) < 4.78 is 5.85. The molecule has 0 fully saturated rings. The Labute approximate surface area is 138 Å². The summed E-state index contributed by atoms with van der Waals surface area (Å²) in [6.45, 7) is 0. The summed E-state index contributed by atoms with van der Waals surface area (Å²) in [6.07, 6.45) is 0.745. The van der Waals surface area contributed by atoms with Gasteiger partial charge in [0.25, 0.3) is 0 Å². The Morgan fingerprint density at radius 3 is 2.50 bits per heavy atom. The highest BCUT2D eigenvalue weighted by Crippen LogP contribution is 2.31. The van der Waals surface area contributed by atoms with Crippen LogP contribution in [0.15, 0.2) is 65.1 Å². The van der Waals surface area contributed by atoms with Crippen molar-refractivity contribution in [2.75, 3.05) is 0 Å². The van der Waals surface area contributed by atoms with Crippen LogP contribution in [0.3, 0.4) is 0 Å². The van der Waals surface area contributed by atoms with E-state index in [1.54, 1.807) is 6.07 Å². The molecule has 0 saturated heterocycles. The van der Waals surface area contributed by atoms with Crippen molar-refractivity contribution in [2.45, 2.75) is 6.42 Å². The lowest BCUT2D eigenvalue weighted by atomic mass is 10.0. The lowest BCUT2D eigenvalue weighted by Crippen LogP contribution is -1.89. The van der Waals surface area contributed by atoms with Gasteiger partial charge in [-0.2, -0.15) is 0 Å². The fraction of sp³-hybridized carbons (Fsp3) is 0.0526. The average molecular weight is 327 g/mol. The van der Waals surface area contributed by atoms with E-state index in [0.29, 0.717) is 10.0 Å². The number of benzene rings is 3. The Balaban J connectivity index is 1.82. The summed E-state index contributed by atoms with van der Waals surface area (Å²) in [5.41, 5.74) is 4.03. The summed E-state index contributed by atoms with van der Waals surface area (Å²) in [6, 6.07) is 20.1. The van der Waals surface area contributed by atoms with Crippen molar-refractivity contribution in [1.29, 1.82) is 0 Å². The molecule has 4 aromatic rings. The van der Waals surface area contributed by atoms with Gasteiger partial charge in [0.2, 0.25) is 0 Å². The summed E-state index contributed by atoms with van der Waals surface area (Å²) in [4.78, 5) is 0. The number of para-hydroxylation sites is 1. The van der Waals surface area contributed by atoms with Gasteiger partial charge in [0.15, 0.2) is 0 Å². The zero-order valence-electron chi connectivity index (χ0n) is 11.6. The van der Waals surface area contributed by atoms with Gasteiger partial charge >= 0.3 is 0 Å². The summed E-state index contributed by atoms with van der Waals surface area (Å²) in [7, 11) is 0. The zero-order chi connectivity index (χ0) is 15.1. The Kier molecular flexibility index (Phi) is 3.33. The lowest BCUT2D eigenvalue weighted by Gasteiger charge is -2.06. The number of hydrogen-bond donors (Lipinski definition) is 0. The molecule has 1 heterocycles. The highest BCUT2D eigenvalue weighted by molar-refractivity contribution is 6.42. The monoisotopic (exact) mass is 326 g/mol. The molecule has 0 N–H and O–H groups in total. The Morgan fingerprint density at radius 2 is 1.59 bits per heavy atom. The molecule has 3 heteroatoms. The van der Waals surface area contributed by atoms with Crippen LogP contribution in [0, 0.1) is 0 Å². The molecule has 108 valence electrons. The van der Waals surface area contributed by atoms with Crippen LogP contribution in [0.2, 0.25) is 10.0 Å². The second kappa shape index (κ2) is 5.35. The Morgan fingerprint density at radius 1 is 0.773 bits per heavy atom. The van der Waals surface area contributed by atoms with Gasteiger partial charge in [0.1, 0.15) is 11.2 Å². The molecule has 0 radical (unpaired) electrons. The fourth-order valence-electron chi connectivity index (χ4n) is 2.79. The van der Waals surface area contributed by atoms with Crippen molar-refractivity contribution in [3.05, 3.63) is 81.8 Å². The number of hydrogen-bond acceptors (Lipinski definition) is 1. The van der Waals surface area contributed by atoms with Gasteiger partial charge in [-0.25, -0.2) is 0 Å². The summed E-state index contributed by atoms with van der Waals surface area (Å²) in [5, 5.41) is 3.48. The summed E-state index contributed by atoms with van der Waals surface area (Å²) >= 11 is 12.4. The molecule has 0 aliphatic carbocycles. The molecule has 22 heavy (non-hydrogen) atoms. The first-order valence-corrected chi connectivity index (χ1v) is 7.81. The van der Waals surface area contributed by atoms with Gasteiger partial charge in [-0.3, -0.25) is 0 Å². The molecule has 4 rings (SSSR count). The maximum atomic E-state index is 6.28. The average Bonchev–Trinajstić information content (AvgIpc) is 2.90. The van der Waals surface area contributed by atoms with Gasteiger partial charge < -0.3 is 4.42 Å². The van der Waals surface area contributed by atoms with Crippen molar-refractivity contribution >= 4 is 45.1 Å². The minimum absolute atomic E-state index is 0.592. The second-order valence-electron chi connectivity index (χ2n) is 5.32. The number of halogens is 2. The molecule has 0 aliphatic rings. The van der Waals surface area contributed by atoms with Gasteiger partial charge in [-0.1, -0.05) is 59.6 Å². The molecule has 0 aliphatic heterocycles. The predicted molar refractivity (Wildman–Crippen MR) is 93.0 cm³/mol. The minimum Gasteiger partial charge on any atom is -0.456 e. The molecule has 1 aromatic heterocycles. The van der Waals surface area contributed by atoms with E-state index >= 15 is 0 Å². The van der Waals surface area contributed by atoms with E-state index in [4.69, 9.17) is 27.6 Å². The molecule has 0 atom stereocenters. The van der Waals surface area contributed by atoms with Crippen LogP contribution in [0.4, 0.5) is 0 Å². The van der Waals surface area contributed by atoms with Crippen LogP contribution < -0.4 is 0 Å². The molecule has 0 unspecified atom stereocenters. The number of fused-ring (bicyclic) bond motifs is 3. The van der Waals surface area contributed by atoms with E-state index in [1.807, 2.05) is 36.4 Å². The lowest BCUT2D eigenvalue weighted by molar-refractivity contribution is 0.669. The Bertz CT molecular complexity index is 985. The maximum absolute atomic E-state index is 6.28. The smallest absolute Gasteiger partial charge is 0.135 e. The molecule has 0 saturated carbocycles. The van der Waals surface area contributed by atoms with E-state index in [-0.39, 0.29) is 0 Å². The van der Waals surface area contributed by atoms with Crippen molar-refractivity contribution < 1.29 is 4.42 Å². The van der Waals surface area contributed by atoms with Crippen LogP contribution in [0.5, 0.6) is 0 Å².